The maximum atomic E-state index is 15.7. The molecule has 0 saturated carbocycles. The van der Waals surface area contributed by atoms with Crippen LogP contribution >= 0.6 is 0 Å². The fourth-order valence-electron chi connectivity index (χ4n) is 3.60. The number of carbonyl (C=O) groups is 1. The highest BCUT2D eigenvalue weighted by Crippen LogP contribution is 2.37. The van der Waals surface area contributed by atoms with Crippen molar-refractivity contribution in [2.45, 2.75) is 65.9 Å². The van der Waals surface area contributed by atoms with Gasteiger partial charge in [0.15, 0.2) is 14.1 Å². The van der Waals surface area contributed by atoms with Crippen molar-refractivity contribution < 1.29 is 22.7 Å². The Hall–Kier alpha value is -2.84. The molecule has 0 saturated heterocycles. The molecule has 188 valence electrons. The predicted octanol–water partition coefficient (Wildman–Crippen LogP) is 6.67. The molecular formula is C27H33F2NO4Si. The minimum absolute atomic E-state index is 0.0488. The first-order valence-electron chi connectivity index (χ1n) is 11.8. The van der Waals surface area contributed by atoms with Crippen molar-refractivity contribution in [3.63, 3.8) is 0 Å². The number of halogens is 2. The minimum atomic E-state index is -1.93. The number of nitrogens with zero attached hydrogens (tertiary/aromatic N) is 1. The molecule has 0 aliphatic heterocycles. The first-order chi connectivity index (χ1) is 16.3. The predicted molar refractivity (Wildman–Crippen MR) is 137 cm³/mol. The summed E-state index contributed by atoms with van der Waals surface area (Å²) < 4.78 is 43.5. The first-order valence-corrected chi connectivity index (χ1v) is 14.7. The zero-order chi connectivity index (χ0) is 26.1. The van der Waals surface area contributed by atoms with Crippen molar-refractivity contribution >= 4 is 25.2 Å². The number of esters is 1. The number of aromatic nitrogens is 1. The number of hydrogen-bond acceptors (Lipinski definition) is 4. The third-order valence-electron chi connectivity index (χ3n) is 6.74. The van der Waals surface area contributed by atoms with Gasteiger partial charge >= 0.3 is 5.97 Å². The van der Waals surface area contributed by atoms with E-state index in [1.54, 1.807) is 38.1 Å². The molecule has 8 heteroatoms. The summed E-state index contributed by atoms with van der Waals surface area (Å²) in [6.07, 6.45) is 1.27. The summed E-state index contributed by atoms with van der Waals surface area (Å²) in [7, 11) is -1.93. The van der Waals surface area contributed by atoms with Crippen molar-refractivity contribution in [1.82, 2.24) is 4.57 Å². The average Bonchev–Trinajstić information content (AvgIpc) is 2.78. The Balaban J connectivity index is 2.05. The summed E-state index contributed by atoms with van der Waals surface area (Å²) in [6, 6.07) is 7.89. The van der Waals surface area contributed by atoms with Gasteiger partial charge in [-0.2, -0.15) is 0 Å². The number of carbonyl (C=O) groups excluding carboxylic acids is 1. The molecule has 0 spiro atoms. The van der Waals surface area contributed by atoms with E-state index in [9.17, 15) is 9.59 Å². The molecule has 0 amide bonds. The third-order valence-corrected chi connectivity index (χ3v) is 11.2. The molecule has 5 nitrogen and oxygen atoms in total. The normalized spacial score (nSPS) is 12.3. The van der Waals surface area contributed by atoms with Crippen molar-refractivity contribution in [3.05, 3.63) is 69.5 Å². The Morgan fingerprint density at radius 1 is 1.09 bits per heavy atom. The summed E-state index contributed by atoms with van der Waals surface area (Å²) in [6.45, 7) is 15.0. The van der Waals surface area contributed by atoms with Gasteiger partial charge in [-0.1, -0.05) is 45.0 Å². The van der Waals surface area contributed by atoms with Gasteiger partial charge in [0, 0.05) is 12.7 Å². The van der Waals surface area contributed by atoms with Crippen LogP contribution in [0.2, 0.25) is 18.1 Å². The highest BCUT2D eigenvalue weighted by molar-refractivity contribution is 6.74. The fourth-order valence-corrected chi connectivity index (χ4v) is 4.56. The largest absolute Gasteiger partial charge is 0.462 e. The second-order valence-corrected chi connectivity index (χ2v) is 14.9. The third kappa shape index (κ3) is 5.23. The number of benzene rings is 2. The Morgan fingerprint density at radius 3 is 2.26 bits per heavy atom. The second kappa shape index (κ2) is 10.0. The molecule has 0 unspecified atom stereocenters. The molecule has 0 atom stereocenters. The van der Waals surface area contributed by atoms with Crippen molar-refractivity contribution in [3.8, 4) is 11.1 Å². The van der Waals surface area contributed by atoms with E-state index in [1.165, 1.54) is 10.8 Å². The SMILES string of the molecule is CCOC(=O)c1cn(CC)c2c(F)c(-c3ccc(CO[Si](C)(C)C(C)(C)C)cc3)c(F)cc2c1=O. The lowest BCUT2D eigenvalue weighted by molar-refractivity contribution is 0.0524. The van der Waals surface area contributed by atoms with Gasteiger partial charge in [0.05, 0.1) is 29.7 Å². The van der Waals surface area contributed by atoms with E-state index in [-0.39, 0.29) is 40.2 Å². The second-order valence-electron chi connectivity index (χ2n) is 10.1. The molecule has 0 aliphatic rings. The van der Waals surface area contributed by atoms with Gasteiger partial charge in [-0.15, -0.1) is 0 Å². The summed E-state index contributed by atoms with van der Waals surface area (Å²) in [5, 5.41) is -0.123. The molecule has 0 fully saturated rings. The number of pyridine rings is 1. The van der Waals surface area contributed by atoms with Gasteiger partial charge in [0.2, 0.25) is 5.43 Å². The Morgan fingerprint density at radius 2 is 1.71 bits per heavy atom. The van der Waals surface area contributed by atoms with Crippen LogP contribution in [0.3, 0.4) is 0 Å². The highest BCUT2D eigenvalue weighted by atomic mass is 28.4. The van der Waals surface area contributed by atoms with Gasteiger partial charge < -0.3 is 13.7 Å². The monoisotopic (exact) mass is 501 g/mol. The molecule has 0 N–H and O–H groups in total. The van der Waals surface area contributed by atoms with Crippen LogP contribution in [0.4, 0.5) is 8.78 Å². The van der Waals surface area contributed by atoms with Crippen LogP contribution in [-0.2, 0) is 22.3 Å². The lowest BCUT2D eigenvalue weighted by Crippen LogP contribution is -2.40. The molecule has 1 aromatic heterocycles. The quantitative estimate of drug-likeness (QED) is 0.268. The number of ether oxygens (including phenoxy) is 1. The number of rotatable bonds is 7. The summed E-state index contributed by atoms with van der Waals surface area (Å²) in [5.41, 5.74) is -0.0242. The molecule has 35 heavy (non-hydrogen) atoms. The van der Waals surface area contributed by atoms with Crippen LogP contribution in [0.1, 0.15) is 50.5 Å². The number of aryl methyl sites for hydroxylation is 1. The van der Waals surface area contributed by atoms with Crippen molar-refractivity contribution in [2.24, 2.45) is 0 Å². The van der Waals surface area contributed by atoms with E-state index in [1.807, 2.05) is 0 Å². The van der Waals surface area contributed by atoms with Gasteiger partial charge in [-0.25, -0.2) is 13.6 Å². The zero-order valence-corrected chi connectivity index (χ0v) is 22.4. The number of fused-ring (bicyclic) bond motifs is 1. The molecule has 3 aromatic rings. The van der Waals surface area contributed by atoms with Crippen LogP contribution in [0, 0.1) is 11.6 Å². The molecule has 0 aliphatic carbocycles. The first kappa shape index (κ1) is 26.8. The van der Waals surface area contributed by atoms with E-state index in [0.29, 0.717) is 12.2 Å². The summed E-state index contributed by atoms with van der Waals surface area (Å²) in [5.74, 6) is -2.54. The van der Waals surface area contributed by atoms with Crippen LogP contribution in [0.15, 0.2) is 41.3 Å². The van der Waals surface area contributed by atoms with Crippen molar-refractivity contribution in [1.29, 1.82) is 0 Å². The summed E-state index contributed by atoms with van der Waals surface area (Å²) >= 11 is 0. The molecule has 0 radical (unpaired) electrons. The number of hydrogen-bond donors (Lipinski definition) is 0. The minimum Gasteiger partial charge on any atom is -0.462 e. The lowest BCUT2D eigenvalue weighted by atomic mass is 9.99. The molecule has 2 aromatic carbocycles. The van der Waals surface area contributed by atoms with Crippen LogP contribution in [0.5, 0.6) is 0 Å². The van der Waals surface area contributed by atoms with E-state index < -0.39 is 31.3 Å². The van der Waals surface area contributed by atoms with Gasteiger partial charge in [-0.05, 0) is 49.2 Å². The van der Waals surface area contributed by atoms with Gasteiger partial charge in [0.25, 0.3) is 0 Å². The van der Waals surface area contributed by atoms with E-state index in [4.69, 9.17) is 9.16 Å². The van der Waals surface area contributed by atoms with Gasteiger partial charge in [0.1, 0.15) is 11.4 Å². The Kier molecular flexibility index (Phi) is 7.67. The topological polar surface area (TPSA) is 57.5 Å². The highest BCUT2D eigenvalue weighted by Gasteiger charge is 2.37. The van der Waals surface area contributed by atoms with Crippen LogP contribution < -0.4 is 5.43 Å². The average molecular weight is 502 g/mol. The molecular weight excluding hydrogens is 468 g/mol. The fraction of sp³-hybridized carbons (Fsp3) is 0.407. The summed E-state index contributed by atoms with van der Waals surface area (Å²) in [4.78, 5) is 25.1. The maximum Gasteiger partial charge on any atom is 0.343 e. The van der Waals surface area contributed by atoms with E-state index >= 15 is 8.78 Å². The van der Waals surface area contributed by atoms with Crippen LogP contribution in [0.25, 0.3) is 22.0 Å². The van der Waals surface area contributed by atoms with Gasteiger partial charge in [-0.3, -0.25) is 4.79 Å². The standard InChI is InChI=1S/C27H33F2NO4Si/c1-8-30-15-20(26(32)33-9-2)25(31)19-14-21(28)22(23(29)24(19)30)18-12-10-17(11-13-18)16-34-35(6,7)27(3,4)5/h10-15H,8-9,16H2,1-7H3. The molecule has 3 rings (SSSR count). The smallest absolute Gasteiger partial charge is 0.343 e. The zero-order valence-electron chi connectivity index (χ0n) is 21.4. The van der Waals surface area contributed by atoms with Crippen molar-refractivity contribution in [2.75, 3.05) is 6.61 Å². The van der Waals surface area contributed by atoms with Crippen LogP contribution in [-0.4, -0.2) is 25.5 Å². The van der Waals surface area contributed by atoms with E-state index in [0.717, 1.165) is 11.6 Å². The van der Waals surface area contributed by atoms with E-state index in [2.05, 4.69) is 33.9 Å². The Bertz CT molecular complexity index is 1310. The maximum absolute atomic E-state index is 15.7. The lowest BCUT2D eigenvalue weighted by Gasteiger charge is -2.36. The molecule has 0 bridgehead atoms. The Labute approximate surface area is 205 Å². The molecule has 1 heterocycles.